The number of fused-ring (bicyclic) bond motifs is 3. The summed E-state index contributed by atoms with van der Waals surface area (Å²) in [6.45, 7) is 6.79. The Labute approximate surface area is 182 Å². The van der Waals surface area contributed by atoms with Crippen LogP contribution in [0.5, 0.6) is 0 Å². The van der Waals surface area contributed by atoms with E-state index in [-0.39, 0.29) is 11.8 Å². The van der Waals surface area contributed by atoms with E-state index in [4.69, 9.17) is 0 Å². The van der Waals surface area contributed by atoms with Crippen molar-refractivity contribution < 1.29 is 4.79 Å². The number of pyridine rings is 1. The topological polar surface area (TPSA) is 66.3 Å². The molecule has 3 atom stereocenters. The standard InChI is InChI=1S/C24H28N6O/c1-15-12-29(22-6-8-26-23-21(22)11-27-28(23)2)13-16-3-4-18(9-19(15)16)30-14-17-5-7-25-10-20(17)24(30)31/h3-4,6,8-9,11,15,17,20,25H,5,7,10,12-14H2,1-2H3/t15-,17+,20+/m0/s1. The lowest BCUT2D eigenvalue weighted by Gasteiger charge is -2.35. The number of nitrogens with zero attached hydrogens (tertiary/aromatic N) is 5. The van der Waals surface area contributed by atoms with E-state index in [0.717, 1.165) is 55.9 Å². The van der Waals surface area contributed by atoms with Crippen molar-refractivity contribution in [1.29, 1.82) is 0 Å². The highest BCUT2D eigenvalue weighted by Crippen LogP contribution is 2.38. The second-order valence-electron chi connectivity index (χ2n) is 9.31. The number of amides is 1. The molecule has 7 nitrogen and oxygen atoms in total. The van der Waals surface area contributed by atoms with Crippen LogP contribution >= 0.6 is 0 Å². The van der Waals surface area contributed by atoms with Gasteiger partial charge in [0.1, 0.15) is 0 Å². The van der Waals surface area contributed by atoms with E-state index in [9.17, 15) is 4.79 Å². The molecule has 0 radical (unpaired) electrons. The minimum Gasteiger partial charge on any atom is -0.366 e. The largest absolute Gasteiger partial charge is 0.366 e. The molecular formula is C24H28N6O. The van der Waals surface area contributed by atoms with Gasteiger partial charge in [0.2, 0.25) is 5.91 Å². The Morgan fingerprint density at radius 2 is 2.10 bits per heavy atom. The van der Waals surface area contributed by atoms with Gasteiger partial charge >= 0.3 is 0 Å². The maximum atomic E-state index is 13.0. The number of anilines is 2. The van der Waals surface area contributed by atoms with E-state index >= 15 is 0 Å². The second-order valence-corrected chi connectivity index (χ2v) is 9.31. The molecule has 1 N–H and O–H groups in total. The molecule has 6 rings (SSSR count). The lowest BCUT2D eigenvalue weighted by atomic mass is 9.89. The molecule has 0 spiro atoms. The molecule has 2 fully saturated rings. The molecule has 0 saturated carbocycles. The molecule has 0 aliphatic carbocycles. The molecule has 5 heterocycles. The number of piperidine rings is 1. The van der Waals surface area contributed by atoms with Gasteiger partial charge in [0.15, 0.2) is 5.65 Å². The quantitative estimate of drug-likeness (QED) is 0.696. The zero-order valence-corrected chi connectivity index (χ0v) is 18.1. The number of nitrogens with one attached hydrogen (secondary N) is 1. The van der Waals surface area contributed by atoms with Crippen LogP contribution in [0.2, 0.25) is 0 Å². The van der Waals surface area contributed by atoms with E-state index in [1.165, 1.54) is 16.8 Å². The fourth-order valence-electron chi connectivity index (χ4n) is 5.72. The normalized spacial score (nSPS) is 25.7. The Kier molecular flexibility index (Phi) is 4.28. The summed E-state index contributed by atoms with van der Waals surface area (Å²) in [6.07, 6.45) is 4.88. The third-order valence-corrected chi connectivity index (χ3v) is 7.41. The summed E-state index contributed by atoms with van der Waals surface area (Å²) < 4.78 is 1.83. The van der Waals surface area contributed by atoms with Crippen LogP contribution < -0.4 is 15.1 Å². The molecule has 1 aromatic carbocycles. The van der Waals surface area contributed by atoms with Gasteiger partial charge in [-0.2, -0.15) is 5.10 Å². The predicted octanol–water partition coefficient (Wildman–Crippen LogP) is 2.66. The fraction of sp³-hybridized carbons (Fsp3) is 0.458. The van der Waals surface area contributed by atoms with Gasteiger partial charge in [-0.25, -0.2) is 4.98 Å². The highest BCUT2D eigenvalue weighted by molar-refractivity contribution is 5.98. The van der Waals surface area contributed by atoms with Crippen molar-refractivity contribution in [2.75, 3.05) is 36.0 Å². The van der Waals surface area contributed by atoms with Gasteiger partial charge in [0.25, 0.3) is 0 Å². The summed E-state index contributed by atoms with van der Waals surface area (Å²) in [5, 5.41) is 8.87. The van der Waals surface area contributed by atoms with E-state index in [1.807, 2.05) is 29.0 Å². The molecule has 2 aromatic heterocycles. The van der Waals surface area contributed by atoms with Gasteiger partial charge in [0, 0.05) is 45.1 Å². The SMILES string of the molecule is C[C@H]1CN(c2ccnc3c2cnn3C)Cc2ccc(N3C[C@H]4CCNC[C@H]4C3=O)cc21. The first-order valence-corrected chi connectivity index (χ1v) is 11.3. The zero-order valence-electron chi connectivity index (χ0n) is 18.1. The third kappa shape index (κ3) is 2.94. The van der Waals surface area contributed by atoms with E-state index < -0.39 is 0 Å². The summed E-state index contributed by atoms with van der Waals surface area (Å²) in [4.78, 5) is 22.0. The first kappa shape index (κ1) is 18.8. The predicted molar refractivity (Wildman–Crippen MR) is 121 cm³/mol. The summed E-state index contributed by atoms with van der Waals surface area (Å²) in [5.74, 6) is 1.31. The second kappa shape index (κ2) is 7.05. The summed E-state index contributed by atoms with van der Waals surface area (Å²) in [6, 6.07) is 8.73. The molecule has 3 aromatic rings. The van der Waals surface area contributed by atoms with Crippen LogP contribution in [0.3, 0.4) is 0 Å². The smallest absolute Gasteiger partial charge is 0.231 e. The molecule has 31 heavy (non-hydrogen) atoms. The van der Waals surface area contributed by atoms with Crippen molar-refractivity contribution in [3.8, 4) is 0 Å². The molecule has 0 unspecified atom stereocenters. The van der Waals surface area contributed by atoms with E-state index in [2.05, 4.69) is 51.5 Å². The van der Waals surface area contributed by atoms with Gasteiger partial charge in [0.05, 0.1) is 23.2 Å². The average Bonchev–Trinajstić information content (AvgIpc) is 3.34. The number of benzene rings is 1. The Morgan fingerprint density at radius 3 is 2.97 bits per heavy atom. The van der Waals surface area contributed by atoms with Crippen LogP contribution in [0.1, 0.15) is 30.4 Å². The Bertz CT molecular complexity index is 1170. The first-order valence-electron chi connectivity index (χ1n) is 11.3. The van der Waals surface area contributed by atoms with Crippen molar-refractivity contribution in [3.63, 3.8) is 0 Å². The molecule has 3 aliphatic rings. The van der Waals surface area contributed by atoms with Crippen molar-refractivity contribution >= 4 is 28.3 Å². The summed E-state index contributed by atoms with van der Waals surface area (Å²) in [5.41, 5.74) is 5.87. The first-order chi connectivity index (χ1) is 15.1. The van der Waals surface area contributed by atoms with Crippen molar-refractivity contribution in [3.05, 3.63) is 47.8 Å². The lowest BCUT2D eigenvalue weighted by Crippen LogP contribution is -2.38. The lowest BCUT2D eigenvalue weighted by molar-refractivity contribution is -0.121. The molecule has 160 valence electrons. The highest BCUT2D eigenvalue weighted by Gasteiger charge is 2.42. The molecule has 7 heteroatoms. The van der Waals surface area contributed by atoms with Gasteiger partial charge in [-0.1, -0.05) is 13.0 Å². The van der Waals surface area contributed by atoms with Crippen molar-refractivity contribution in [1.82, 2.24) is 20.1 Å². The maximum Gasteiger partial charge on any atom is 0.231 e. The number of aryl methyl sites for hydroxylation is 1. The Morgan fingerprint density at radius 1 is 1.19 bits per heavy atom. The molecule has 2 saturated heterocycles. The Hall–Kier alpha value is -2.93. The van der Waals surface area contributed by atoms with Crippen LogP contribution in [0, 0.1) is 11.8 Å². The molecule has 1 amide bonds. The van der Waals surface area contributed by atoms with Gasteiger partial charge < -0.3 is 15.1 Å². The zero-order chi connectivity index (χ0) is 21.1. The number of hydrogen-bond acceptors (Lipinski definition) is 5. The number of hydrogen-bond donors (Lipinski definition) is 1. The van der Waals surface area contributed by atoms with E-state index in [1.54, 1.807) is 0 Å². The number of carbonyl (C=O) groups excluding carboxylic acids is 1. The summed E-state index contributed by atoms with van der Waals surface area (Å²) in [7, 11) is 1.93. The molecular weight excluding hydrogens is 388 g/mol. The molecule has 0 bridgehead atoms. The van der Waals surface area contributed by atoms with Gasteiger partial charge in [-0.3, -0.25) is 9.48 Å². The highest BCUT2D eigenvalue weighted by atomic mass is 16.2. The maximum absolute atomic E-state index is 13.0. The van der Waals surface area contributed by atoms with Crippen LogP contribution in [0.25, 0.3) is 11.0 Å². The van der Waals surface area contributed by atoms with Crippen LogP contribution in [0.4, 0.5) is 11.4 Å². The monoisotopic (exact) mass is 416 g/mol. The minimum absolute atomic E-state index is 0.145. The number of rotatable bonds is 2. The number of aromatic nitrogens is 3. The fourth-order valence-corrected chi connectivity index (χ4v) is 5.72. The minimum atomic E-state index is 0.145. The third-order valence-electron chi connectivity index (χ3n) is 7.41. The van der Waals surface area contributed by atoms with E-state index in [0.29, 0.717) is 11.8 Å². The van der Waals surface area contributed by atoms with Crippen LogP contribution in [-0.4, -0.2) is 46.9 Å². The van der Waals surface area contributed by atoms with Crippen LogP contribution in [0.15, 0.2) is 36.7 Å². The molecule has 3 aliphatic heterocycles. The van der Waals surface area contributed by atoms with Crippen molar-refractivity contribution in [2.45, 2.75) is 25.8 Å². The Balaban J connectivity index is 1.30. The summed E-state index contributed by atoms with van der Waals surface area (Å²) >= 11 is 0. The van der Waals surface area contributed by atoms with Gasteiger partial charge in [-0.05, 0) is 54.1 Å². The van der Waals surface area contributed by atoms with Crippen molar-refractivity contribution in [2.24, 2.45) is 18.9 Å². The van der Waals surface area contributed by atoms with Crippen LogP contribution in [-0.2, 0) is 18.4 Å². The average molecular weight is 417 g/mol. The number of carbonyl (C=O) groups is 1. The van der Waals surface area contributed by atoms with Gasteiger partial charge in [-0.15, -0.1) is 0 Å².